The highest BCUT2D eigenvalue weighted by molar-refractivity contribution is 7.92. The molecule has 0 aliphatic carbocycles. The monoisotopic (exact) mass is 321 g/mol. The van der Waals surface area contributed by atoms with Crippen LogP contribution in [0.15, 0.2) is 36.9 Å². The number of benzene rings is 1. The Morgan fingerprint density at radius 1 is 1.20 bits per heavy atom. The summed E-state index contributed by atoms with van der Waals surface area (Å²) in [6.45, 7) is 3.16. The van der Waals surface area contributed by atoms with Gasteiger partial charge in [-0.1, -0.05) is 18.2 Å². The summed E-state index contributed by atoms with van der Waals surface area (Å²) in [5.74, 6) is -0.184. The van der Waals surface area contributed by atoms with E-state index in [-0.39, 0.29) is 18.8 Å². The van der Waals surface area contributed by atoms with Crippen LogP contribution in [0.1, 0.15) is 5.56 Å². The van der Waals surface area contributed by atoms with E-state index in [4.69, 9.17) is 4.55 Å². The van der Waals surface area contributed by atoms with E-state index < -0.39 is 20.4 Å². The van der Waals surface area contributed by atoms with Crippen molar-refractivity contribution in [2.24, 2.45) is 0 Å². The quantitative estimate of drug-likeness (QED) is 0.545. The molecule has 0 aliphatic heterocycles. The first-order valence-electron chi connectivity index (χ1n) is 5.54. The molecule has 7 nitrogen and oxygen atoms in total. The third-order valence-electron chi connectivity index (χ3n) is 2.19. The molecular weight excluding hydrogens is 306 g/mol. The van der Waals surface area contributed by atoms with Crippen molar-refractivity contribution in [2.75, 3.05) is 17.1 Å². The minimum atomic E-state index is -4.43. The maximum absolute atomic E-state index is 11.5. The van der Waals surface area contributed by atoms with Crippen molar-refractivity contribution < 1.29 is 25.6 Å². The summed E-state index contributed by atoms with van der Waals surface area (Å²) < 4.78 is 58.6. The second kappa shape index (κ2) is 6.84. The fraction of sp³-hybridized carbons (Fsp3) is 0.273. The van der Waals surface area contributed by atoms with Crippen molar-refractivity contribution >= 4 is 26.1 Å². The molecule has 1 aromatic carbocycles. The minimum absolute atomic E-state index is 0.184. The molecule has 0 saturated heterocycles. The minimum Gasteiger partial charge on any atom is -0.283 e. The van der Waals surface area contributed by atoms with Crippen molar-refractivity contribution in [3.8, 4) is 0 Å². The van der Waals surface area contributed by atoms with Crippen LogP contribution in [-0.2, 0) is 31.0 Å². The van der Waals surface area contributed by atoms with E-state index in [9.17, 15) is 16.8 Å². The third kappa shape index (κ3) is 6.66. The molecule has 0 bridgehead atoms. The molecule has 1 rings (SSSR count). The van der Waals surface area contributed by atoms with Crippen LogP contribution in [0.25, 0.3) is 0 Å². The Morgan fingerprint density at radius 3 is 2.30 bits per heavy atom. The summed E-state index contributed by atoms with van der Waals surface area (Å²) in [7, 11) is -7.87. The fourth-order valence-electron chi connectivity index (χ4n) is 1.38. The third-order valence-corrected chi connectivity index (χ3v) is 3.87. The molecule has 20 heavy (non-hydrogen) atoms. The Balaban J connectivity index is 2.59. The van der Waals surface area contributed by atoms with Gasteiger partial charge in [-0.25, -0.2) is 12.6 Å². The molecule has 112 valence electrons. The van der Waals surface area contributed by atoms with Gasteiger partial charge < -0.3 is 0 Å². The van der Waals surface area contributed by atoms with E-state index in [1.807, 2.05) is 0 Å². The highest BCUT2D eigenvalue weighted by atomic mass is 32.3. The Labute approximate surface area is 118 Å². The van der Waals surface area contributed by atoms with Crippen LogP contribution in [-0.4, -0.2) is 33.7 Å². The molecule has 0 saturated carbocycles. The van der Waals surface area contributed by atoms with Crippen LogP contribution >= 0.6 is 0 Å². The summed E-state index contributed by atoms with van der Waals surface area (Å²) in [6.07, 6.45) is 1.54. The number of anilines is 1. The van der Waals surface area contributed by atoms with Gasteiger partial charge in [0.2, 0.25) is 10.0 Å². The summed E-state index contributed by atoms with van der Waals surface area (Å²) in [6, 6.07) is 6.34. The van der Waals surface area contributed by atoms with Crippen molar-refractivity contribution in [1.82, 2.24) is 0 Å². The molecule has 0 heterocycles. The lowest BCUT2D eigenvalue weighted by Gasteiger charge is -2.07. The van der Waals surface area contributed by atoms with Crippen molar-refractivity contribution in [3.63, 3.8) is 0 Å². The molecule has 9 heteroatoms. The van der Waals surface area contributed by atoms with Crippen LogP contribution in [0, 0.1) is 0 Å². The summed E-state index contributed by atoms with van der Waals surface area (Å²) in [4.78, 5) is 0. The van der Waals surface area contributed by atoms with Gasteiger partial charge in [-0.15, -0.1) is 6.58 Å². The van der Waals surface area contributed by atoms with Gasteiger partial charge in [0, 0.05) is 5.69 Å². The van der Waals surface area contributed by atoms with E-state index in [1.165, 1.54) is 6.08 Å². The summed E-state index contributed by atoms with van der Waals surface area (Å²) >= 11 is 0. The number of sulfonamides is 1. The molecule has 0 fully saturated rings. The van der Waals surface area contributed by atoms with Crippen LogP contribution < -0.4 is 4.72 Å². The molecule has 2 N–H and O–H groups in total. The van der Waals surface area contributed by atoms with Gasteiger partial charge >= 0.3 is 10.4 Å². The summed E-state index contributed by atoms with van der Waals surface area (Å²) in [5.41, 5.74) is 1.13. The zero-order valence-corrected chi connectivity index (χ0v) is 12.2. The van der Waals surface area contributed by atoms with Gasteiger partial charge in [-0.05, 0) is 24.1 Å². The maximum atomic E-state index is 11.5. The highest BCUT2D eigenvalue weighted by Crippen LogP contribution is 2.12. The molecule has 0 aliphatic rings. The van der Waals surface area contributed by atoms with E-state index >= 15 is 0 Å². The largest absolute Gasteiger partial charge is 0.397 e. The van der Waals surface area contributed by atoms with Crippen LogP contribution in [0.2, 0.25) is 0 Å². The average Bonchev–Trinajstić information content (AvgIpc) is 2.29. The second-order valence-corrected chi connectivity index (χ2v) is 6.73. The molecule has 0 atom stereocenters. The average molecular weight is 321 g/mol. The van der Waals surface area contributed by atoms with E-state index in [0.717, 1.165) is 5.56 Å². The smallest absolute Gasteiger partial charge is 0.283 e. The van der Waals surface area contributed by atoms with Crippen LogP contribution in [0.4, 0.5) is 5.69 Å². The van der Waals surface area contributed by atoms with Crippen molar-refractivity contribution in [3.05, 3.63) is 42.5 Å². The molecule has 1 aromatic rings. The van der Waals surface area contributed by atoms with Gasteiger partial charge in [0.25, 0.3) is 0 Å². The second-order valence-electron chi connectivity index (χ2n) is 3.87. The molecule has 0 spiro atoms. The predicted molar refractivity (Wildman–Crippen MR) is 75.3 cm³/mol. The van der Waals surface area contributed by atoms with Gasteiger partial charge in [0.15, 0.2) is 0 Å². The van der Waals surface area contributed by atoms with Crippen LogP contribution in [0.5, 0.6) is 0 Å². The van der Waals surface area contributed by atoms with Crippen molar-refractivity contribution in [1.29, 1.82) is 0 Å². The Kier molecular flexibility index (Phi) is 5.69. The molecule has 0 unspecified atom stereocenters. The predicted octanol–water partition coefficient (Wildman–Crippen LogP) is 0.976. The normalized spacial score (nSPS) is 12.1. The molecular formula is C11H15NO6S2. The Morgan fingerprint density at radius 2 is 1.80 bits per heavy atom. The van der Waals surface area contributed by atoms with E-state index in [1.54, 1.807) is 24.3 Å². The van der Waals surface area contributed by atoms with E-state index in [0.29, 0.717) is 5.69 Å². The SMILES string of the molecule is C=CCS(=O)(=O)Nc1ccc(CCOS(=O)(=O)O)cc1. The van der Waals surface area contributed by atoms with Crippen LogP contribution in [0.3, 0.4) is 0 Å². The van der Waals surface area contributed by atoms with Gasteiger partial charge in [-0.3, -0.25) is 9.27 Å². The lowest BCUT2D eigenvalue weighted by molar-refractivity contribution is 0.272. The first-order chi connectivity index (χ1) is 9.22. The van der Waals surface area contributed by atoms with Gasteiger partial charge in [0.1, 0.15) is 0 Å². The lowest BCUT2D eigenvalue weighted by Crippen LogP contribution is -2.15. The zero-order chi connectivity index (χ0) is 15.2. The lowest BCUT2D eigenvalue weighted by atomic mass is 10.1. The standard InChI is InChI=1S/C11H15NO6S2/c1-2-9-19(13,14)12-11-5-3-10(4-6-11)7-8-18-20(15,16)17/h2-6,12H,1,7-9H2,(H,15,16,17). The molecule has 0 amide bonds. The fourth-order valence-corrected chi connectivity index (χ4v) is 2.56. The van der Waals surface area contributed by atoms with Gasteiger partial charge in [-0.2, -0.15) is 8.42 Å². The first-order valence-corrected chi connectivity index (χ1v) is 8.56. The molecule has 0 aromatic heterocycles. The zero-order valence-electron chi connectivity index (χ0n) is 10.5. The topological polar surface area (TPSA) is 110 Å². The maximum Gasteiger partial charge on any atom is 0.397 e. The number of rotatable bonds is 8. The number of hydrogen-bond donors (Lipinski definition) is 2. The summed E-state index contributed by atoms with van der Waals surface area (Å²) in [5, 5.41) is 0. The number of hydrogen-bond acceptors (Lipinski definition) is 5. The highest BCUT2D eigenvalue weighted by Gasteiger charge is 2.08. The first kappa shape index (κ1) is 16.6. The Hall–Kier alpha value is -1.42. The molecule has 0 radical (unpaired) electrons. The Bertz CT molecular complexity index is 649. The van der Waals surface area contributed by atoms with Crippen molar-refractivity contribution in [2.45, 2.75) is 6.42 Å². The van der Waals surface area contributed by atoms with E-state index in [2.05, 4.69) is 15.5 Å². The van der Waals surface area contributed by atoms with Gasteiger partial charge in [0.05, 0.1) is 12.4 Å². The number of nitrogens with one attached hydrogen (secondary N) is 1.